The molecule has 102 valence electrons. The van der Waals surface area contributed by atoms with Gasteiger partial charge in [0.15, 0.2) is 5.69 Å². The topological polar surface area (TPSA) is 39.9 Å². The van der Waals surface area contributed by atoms with Gasteiger partial charge in [0.2, 0.25) is 5.88 Å². The maximum atomic E-state index is 13.0. The van der Waals surface area contributed by atoms with Crippen molar-refractivity contribution < 1.29 is 17.9 Å². The first-order chi connectivity index (χ1) is 8.86. The van der Waals surface area contributed by atoms with Gasteiger partial charge in [0.1, 0.15) is 0 Å². The van der Waals surface area contributed by atoms with Gasteiger partial charge in [-0.3, -0.25) is 4.68 Å². The van der Waals surface area contributed by atoms with Gasteiger partial charge < -0.3 is 4.74 Å². The third-order valence-corrected chi connectivity index (χ3v) is 2.84. The van der Waals surface area contributed by atoms with Crippen molar-refractivity contribution in [3.8, 4) is 17.0 Å². The number of halogens is 3. The highest BCUT2D eigenvalue weighted by Crippen LogP contribution is 2.40. The van der Waals surface area contributed by atoms with Crippen molar-refractivity contribution in [1.82, 2.24) is 14.8 Å². The zero-order valence-corrected chi connectivity index (χ0v) is 10.6. The van der Waals surface area contributed by atoms with E-state index in [-0.39, 0.29) is 17.0 Å². The predicted octanol–water partition coefficient (Wildman–Crippen LogP) is 2.82. The van der Waals surface area contributed by atoms with Crippen molar-refractivity contribution in [2.24, 2.45) is 7.05 Å². The molecule has 19 heavy (non-hydrogen) atoms. The molecule has 0 N–H and O–H groups in total. The van der Waals surface area contributed by atoms with Crippen molar-refractivity contribution in [3.05, 3.63) is 29.7 Å². The van der Waals surface area contributed by atoms with Crippen LogP contribution >= 0.6 is 0 Å². The summed E-state index contributed by atoms with van der Waals surface area (Å²) in [6.45, 7) is 1.57. The first kappa shape index (κ1) is 13.4. The monoisotopic (exact) mass is 271 g/mol. The molecule has 2 rings (SSSR count). The number of hydrogen-bond donors (Lipinski definition) is 0. The van der Waals surface area contributed by atoms with E-state index in [4.69, 9.17) is 4.74 Å². The molecule has 0 fully saturated rings. The van der Waals surface area contributed by atoms with Gasteiger partial charge >= 0.3 is 6.18 Å². The minimum Gasteiger partial charge on any atom is -0.481 e. The lowest BCUT2D eigenvalue weighted by Gasteiger charge is -2.10. The normalized spacial score (nSPS) is 11.7. The van der Waals surface area contributed by atoms with Crippen molar-refractivity contribution in [3.63, 3.8) is 0 Å². The fourth-order valence-electron chi connectivity index (χ4n) is 1.87. The minimum absolute atomic E-state index is 0.0000463. The average Bonchev–Trinajstić information content (AvgIpc) is 2.66. The summed E-state index contributed by atoms with van der Waals surface area (Å²) in [6.07, 6.45) is -3.07. The van der Waals surface area contributed by atoms with Crippen LogP contribution in [0.2, 0.25) is 0 Å². The lowest BCUT2D eigenvalue weighted by molar-refractivity contribution is -0.140. The summed E-state index contributed by atoms with van der Waals surface area (Å²) in [5.41, 5.74) is -0.250. The predicted molar refractivity (Wildman–Crippen MR) is 62.7 cm³/mol. The Morgan fingerprint density at radius 2 is 2.00 bits per heavy atom. The lowest BCUT2D eigenvalue weighted by atomic mass is 10.0. The van der Waals surface area contributed by atoms with Crippen LogP contribution in [0.1, 0.15) is 11.4 Å². The van der Waals surface area contributed by atoms with E-state index >= 15 is 0 Å². The van der Waals surface area contributed by atoms with E-state index in [2.05, 4.69) is 10.1 Å². The van der Waals surface area contributed by atoms with E-state index in [0.717, 1.165) is 0 Å². The molecule has 0 aliphatic rings. The smallest absolute Gasteiger partial charge is 0.435 e. The van der Waals surface area contributed by atoms with Gasteiger partial charge in [-0.2, -0.15) is 18.3 Å². The average molecular weight is 271 g/mol. The molecule has 0 saturated carbocycles. The summed E-state index contributed by atoms with van der Waals surface area (Å²) in [4.78, 5) is 3.92. The SMILES string of the molecule is COc1ncccc1-c1c(C(F)(F)F)nn(C)c1C. The van der Waals surface area contributed by atoms with E-state index in [9.17, 15) is 13.2 Å². The number of hydrogen-bond acceptors (Lipinski definition) is 3. The van der Waals surface area contributed by atoms with Crippen LogP contribution in [0, 0.1) is 6.92 Å². The number of methoxy groups -OCH3 is 1. The van der Waals surface area contributed by atoms with Gasteiger partial charge in [-0.15, -0.1) is 0 Å². The molecule has 2 aromatic heterocycles. The summed E-state index contributed by atoms with van der Waals surface area (Å²) in [5, 5.41) is 3.54. The molecular formula is C12H12F3N3O. The van der Waals surface area contributed by atoms with Crippen LogP contribution in [-0.4, -0.2) is 21.9 Å². The Bertz CT molecular complexity index is 605. The van der Waals surface area contributed by atoms with Gasteiger partial charge in [-0.1, -0.05) is 0 Å². The summed E-state index contributed by atoms with van der Waals surface area (Å²) >= 11 is 0. The number of aryl methyl sites for hydroxylation is 1. The number of pyridine rings is 1. The molecule has 2 aromatic rings. The van der Waals surface area contributed by atoms with Crippen LogP contribution in [0.25, 0.3) is 11.1 Å². The zero-order chi connectivity index (χ0) is 14.2. The standard InChI is InChI=1S/C12H12F3N3O/c1-7-9(8-5-4-6-16-11(8)19-3)10(12(13,14)15)17-18(7)2/h4-6H,1-3H3. The van der Waals surface area contributed by atoms with Crippen LogP contribution in [0.15, 0.2) is 18.3 Å². The van der Waals surface area contributed by atoms with E-state index in [1.54, 1.807) is 13.0 Å². The molecule has 0 unspecified atom stereocenters. The largest absolute Gasteiger partial charge is 0.481 e. The zero-order valence-electron chi connectivity index (χ0n) is 10.6. The molecule has 7 heteroatoms. The Kier molecular flexibility index (Phi) is 3.21. The second kappa shape index (κ2) is 4.56. The third kappa shape index (κ3) is 2.27. The fraction of sp³-hybridized carbons (Fsp3) is 0.333. The van der Waals surface area contributed by atoms with Gasteiger partial charge in [0, 0.05) is 30.1 Å². The van der Waals surface area contributed by atoms with Gasteiger partial charge in [-0.25, -0.2) is 4.98 Å². The fourth-order valence-corrected chi connectivity index (χ4v) is 1.87. The van der Waals surface area contributed by atoms with Crippen molar-refractivity contribution in [1.29, 1.82) is 0 Å². The first-order valence-electron chi connectivity index (χ1n) is 5.46. The Labute approximate surface area is 107 Å². The molecule has 0 saturated heterocycles. The molecule has 2 heterocycles. The van der Waals surface area contributed by atoms with E-state index in [1.165, 1.54) is 31.1 Å². The molecule has 0 amide bonds. The highest BCUT2D eigenvalue weighted by atomic mass is 19.4. The van der Waals surface area contributed by atoms with Crippen LogP contribution in [0.3, 0.4) is 0 Å². The molecule has 0 atom stereocenters. The van der Waals surface area contributed by atoms with Crippen molar-refractivity contribution >= 4 is 0 Å². The molecule has 0 radical (unpaired) electrons. The molecule has 4 nitrogen and oxygen atoms in total. The van der Waals surface area contributed by atoms with Gasteiger partial charge in [-0.05, 0) is 19.1 Å². The van der Waals surface area contributed by atoms with Crippen molar-refractivity contribution in [2.75, 3.05) is 7.11 Å². The summed E-state index contributed by atoms with van der Waals surface area (Å²) in [7, 11) is 2.84. The quantitative estimate of drug-likeness (QED) is 0.843. The number of aromatic nitrogens is 3. The Morgan fingerprint density at radius 3 is 2.58 bits per heavy atom. The summed E-state index contributed by atoms with van der Waals surface area (Å²) in [5.74, 6) is 0.143. The third-order valence-electron chi connectivity index (χ3n) is 2.84. The molecular weight excluding hydrogens is 259 g/mol. The van der Waals surface area contributed by atoms with E-state index in [1.807, 2.05) is 0 Å². The molecule has 0 aliphatic heterocycles. The summed E-state index contributed by atoms with van der Waals surface area (Å²) in [6, 6.07) is 3.09. The molecule has 0 aliphatic carbocycles. The van der Waals surface area contributed by atoms with Crippen LogP contribution in [0.5, 0.6) is 5.88 Å². The number of nitrogens with zero attached hydrogens (tertiary/aromatic N) is 3. The highest BCUT2D eigenvalue weighted by Gasteiger charge is 2.39. The van der Waals surface area contributed by atoms with E-state index in [0.29, 0.717) is 5.69 Å². The van der Waals surface area contributed by atoms with Crippen LogP contribution in [-0.2, 0) is 13.2 Å². The summed E-state index contributed by atoms with van der Waals surface area (Å²) < 4.78 is 45.3. The Hall–Kier alpha value is -2.05. The second-order valence-electron chi connectivity index (χ2n) is 3.99. The van der Waals surface area contributed by atoms with Crippen LogP contribution < -0.4 is 4.74 Å². The Morgan fingerprint density at radius 1 is 1.32 bits per heavy atom. The molecule has 0 spiro atoms. The molecule has 0 bridgehead atoms. The Balaban J connectivity index is 2.75. The van der Waals surface area contributed by atoms with Crippen molar-refractivity contribution in [2.45, 2.75) is 13.1 Å². The highest BCUT2D eigenvalue weighted by molar-refractivity contribution is 5.73. The number of ether oxygens (including phenoxy) is 1. The van der Waals surface area contributed by atoms with Gasteiger partial charge in [0.05, 0.1) is 7.11 Å². The maximum absolute atomic E-state index is 13.0. The second-order valence-corrected chi connectivity index (χ2v) is 3.99. The minimum atomic E-state index is -4.53. The van der Waals surface area contributed by atoms with Crippen LogP contribution in [0.4, 0.5) is 13.2 Å². The first-order valence-corrected chi connectivity index (χ1v) is 5.46. The molecule has 0 aromatic carbocycles. The van der Waals surface area contributed by atoms with Gasteiger partial charge in [0.25, 0.3) is 0 Å². The maximum Gasteiger partial charge on any atom is 0.435 e. The lowest BCUT2D eigenvalue weighted by Crippen LogP contribution is -2.08. The number of alkyl halides is 3. The number of rotatable bonds is 2. The van der Waals surface area contributed by atoms with E-state index < -0.39 is 11.9 Å².